The summed E-state index contributed by atoms with van der Waals surface area (Å²) in [5.74, 6) is -0.671. The van der Waals surface area contributed by atoms with E-state index in [0.29, 0.717) is 54.3 Å². The number of carbonyl (C=O) groups is 2. The third-order valence-corrected chi connectivity index (χ3v) is 12.1. The molecule has 2 amide bonds. The van der Waals surface area contributed by atoms with E-state index in [0.717, 1.165) is 19.3 Å². The molecule has 2 aliphatic heterocycles. The molecule has 0 unspecified atom stereocenters. The van der Waals surface area contributed by atoms with E-state index in [1.54, 1.807) is 33.8 Å². The highest BCUT2D eigenvalue weighted by atomic mass is 28.4. The number of hydrogen-bond donors (Lipinski definition) is 1. The number of aryl methyl sites for hydroxylation is 1. The minimum atomic E-state index is -3.38. The predicted octanol–water partition coefficient (Wildman–Crippen LogP) is 7.01. The zero-order valence-corrected chi connectivity index (χ0v) is 29.9. The Morgan fingerprint density at radius 2 is 1.88 bits per heavy atom. The Kier molecular flexibility index (Phi) is 10.8. The molecule has 2 aliphatic rings. The summed E-state index contributed by atoms with van der Waals surface area (Å²) < 4.78 is 25.0. The molecule has 1 fully saturated rings. The number of nitrogens with zero attached hydrogens (tertiary/aromatic N) is 5. The average molecular weight is 674 g/mol. The number of fused-ring (bicyclic) bond motifs is 2. The molecule has 1 N–H and O–H groups in total. The van der Waals surface area contributed by atoms with Gasteiger partial charge in [0.05, 0.1) is 17.5 Å². The predicted molar refractivity (Wildman–Crippen MR) is 189 cm³/mol. The number of allylic oxidation sites excluding steroid dienone is 3. The molecule has 0 aliphatic carbocycles. The van der Waals surface area contributed by atoms with Gasteiger partial charge in [-0.1, -0.05) is 53.6 Å². The Balaban J connectivity index is 1.55. The zero-order valence-electron chi connectivity index (χ0n) is 28.9. The summed E-state index contributed by atoms with van der Waals surface area (Å²) in [6.07, 6.45) is 8.96. The maximum Gasteiger partial charge on any atom is 0.264 e. The van der Waals surface area contributed by atoms with Gasteiger partial charge in [0, 0.05) is 60.7 Å². The summed E-state index contributed by atoms with van der Waals surface area (Å²) in [4.78, 5) is 30.6. The van der Waals surface area contributed by atoms with Crippen LogP contribution in [0.4, 0.5) is 21.2 Å². The first-order chi connectivity index (χ1) is 22.9. The number of hydrogen-bond acceptors (Lipinski definition) is 6. The lowest BCUT2D eigenvalue weighted by atomic mass is 9.82. The van der Waals surface area contributed by atoms with Gasteiger partial charge in [-0.15, -0.1) is 5.10 Å². The highest BCUT2D eigenvalue weighted by Gasteiger charge is 2.66. The molecule has 1 aromatic heterocycles. The first-order valence-corrected chi connectivity index (χ1v) is 19.8. The minimum Gasteiger partial charge on any atom is -0.396 e. The number of aromatic nitrogens is 3. The number of ether oxygens (including phenoxy) is 1. The van der Waals surface area contributed by atoms with Gasteiger partial charge in [0.1, 0.15) is 0 Å². The van der Waals surface area contributed by atoms with Crippen LogP contribution < -0.4 is 9.80 Å². The van der Waals surface area contributed by atoms with Gasteiger partial charge in [-0.05, 0) is 83.5 Å². The van der Waals surface area contributed by atoms with Crippen molar-refractivity contribution in [3.05, 3.63) is 89.3 Å². The zero-order chi connectivity index (χ0) is 34.6. The Bertz CT molecular complexity index is 1670. The van der Waals surface area contributed by atoms with E-state index in [2.05, 4.69) is 43.2 Å². The average Bonchev–Trinajstić information content (AvgIpc) is 3.69. The highest BCUT2D eigenvalue weighted by molar-refractivity contribution is 6.72. The summed E-state index contributed by atoms with van der Waals surface area (Å²) in [6, 6.07) is 14.9. The number of aliphatic hydroxyl groups is 1. The van der Waals surface area contributed by atoms with Crippen molar-refractivity contribution >= 4 is 37.8 Å². The van der Waals surface area contributed by atoms with E-state index >= 15 is 4.11 Å². The van der Waals surface area contributed by atoms with Crippen molar-refractivity contribution in [3.63, 3.8) is 0 Å². The molecule has 48 heavy (non-hydrogen) atoms. The molecule has 0 bridgehead atoms. The lowest BCUT2D eigenvalue weighted by molar-refractivity contribution is -0.145. The van der Waals surface area contributed by atoms with Crippen molar-refractivity contribution in [3.8, 4) is 0 Å². The second-order valence-electron chi connectivity index (χ2n) is 13.8. The van der Waals surface area contributed by atoms with E-state index in [1.165, 1.54) is 11.1 Å². The fourth-order valence-corrected chi connectivity index (χ4v) is 9.91. The Hall–Kier alpha value is -3.93. The van der Waals surface area contributed by atoms with Crippen LogP contribution in [0.3, 0.4) is 0 Å². The van der Waals surface area contributed by atoms with Gasteiger partial charge in [-0.3, -0.25) is 19.2 Å². The van der Waals surface area contributed by atoms with E-state index < -0.39 is 31.6 Å². The molecule has 5 rings (SSSR count). The van der Waals surface area contributed by atoms with Crippen LogP contribution >= 0.6 is 0 Å². The van der Waals surface area contributed by atoms with E-state index in [1.807, 2.05) is 55.5 Å². The molecule has 3 aromatic rings. The van der Waals surface area contributed by atoms with E-state index in [-0.39, 0.29) is 12.5 Å². The lowest BCUT2D eigenvalue weighted by Gasteiger charge is -2.31. The number of carbonyl (C=O) groups excluding carboxylic acids is 2. The molecular formula is C37H48FN5O4Si. The van der Waals surface area contributed by atoms with Crippen molar-refractivity contribution in [2.75, 3.05) is 23.0 Å². The number of anilines is 3. The third-order valence-electron chi connectivity index (χ3n) is 9.67. The molecule has 1 spiro atoms. The van der Waals surface area contributed by atoms with Crippen LogP contribution in [-0.4, -0.2) is 60.1 Å². The van der Waals surface area contributed by atoms with Gasteiger partial charge in [0.25, 0.3) is 5.91 Å². The maximum atomic E-state index is 16.4. The SMILES string of the molecule is CC(C)=CCC/C(C)=C/CN1C(=O)[C@]2(O[C@H](CCn3cc(CCO)nn3)[C@@H]([Si](C)(C)F)[C@@H]2C)c2cc(N(C=O)c3ccccc3)ccc21. The van der Waals surface area contributed by atoms with Crippen molar-refractivity contribution in [1.29, 1.82) is 0 Å². The van der Waals surface area contributed by atoms with Crippen LogP contribution in [0, 0.1) is 5.92 Å². The number of aliphatic hydroxyl groups excluding tert-OH is 1. The van der Waals surface area contributed by atoms with Gasteiger partial charge < -0.3 is 18.9 Å². The van der Waals surface area contributed by atoms with Crippen LogP contribution in [0.1, 0.15) is 58.2 Å². The topological polar surface area (TPSA) is 101 Å². The molecule has 2 aromatic carbocycles. The van der Waals surface area contributed by atoms with Gasteiger partial charge in [0.15, 0.2) is 5.60 Å². The second kappa shape index (κ2) is 14.7. The Morgan fingerprint density at radius 3 is 2.54 bits per heavy atom. The number of benzene rings is 2. The smallest absolute Gasteiger partial charge is 0.264 e. The molecule has 4 atom stereocenters. The highest BCUT2D eigenvalue weighted by Crippen LogP contribution is 2.60. The van der Waals surface area contributed by atoms with E-state index in [9.17, 15) is 14.7 Å². The molecule has 9 nitrogen and oxygen atoms in total. The first-order valence-electron chi connectivity index (χ1n) is 16.8. The molecular weight excluding hydrogens is 626 g/mol. The molecule has 256 valence electrons. The monoisotopic (exact) mass is 673 g/mol. The summed E-state index contributed by atoms with van der Waals surface area (Å²) in [5.41, 5.74) is 3.90. The third kappa shape index (κ3) is 7.09. The number of halogens is 1. The van der Waals surface area contributed by atoms with Crippen molar-refractivity contribution < 1.29 is 23.5 Å². The van der Waals surface area contributed by atoms with Gasteiger partial charge >= 0.3 is 0 Å². The molecule has 0 saturated carbocycles. The summed E-state index contributed by atoms with van der Waals surface area (Å²) >= 11 is 0. The molecule has 0 radical (unpaired) electrons. The van der Waals surface area contributed by atoms with Crippen LogP contribution in [0.2, 0.25) is 18.6 Å². The Morgan fingerprint density at radius 1 is 1.12 bits per heavy atom. The summed E-state index contributed by atoms with van der Waals surface area (Å²) in [6.45, 7) is 12.3. The normalized spacial score (nSPS) is 22.3. The van der Waals surface area contributed by atoms with E-state index in [4.69, 9.17) is 4.74 Å². The molecule has 1 saturated heterocycles. The number of para-hydroxylation sites is 1. The lowest BCUT2D eigenvalue weighted by Crippen LogP contribution is -2.45. The van der Waals surface area contributed by atoms with Crippen LogP contribution in [-0.2, 0) is 32.9 Å². The first kappa shape index (κ1) is 35.4. The number of rotatable bonds is 14. The quantitative estimate of drug-likeness (QED) is 0.0855. The number of amides is 2. The second-order valence-corrected chi connectivity index (χ2v) is 17.6. The van der Waals surface area contributed by atoms with Crippen LogP contribution in [0.5, 0.6) is 0 Å². The van der Waals surface area contributed by atoms with Crippen LogP contribution in [0.15, 0.2) is 78.0 Å². The minimum absolute atomic E-state index is 0.0236. The maximum absolute atomic E-state index is 16.4. The van der Waals surface area contributed by atoms with Crippen molar-refractivity contribution in [1.82, 2.24) is 15.0 Å². The Labute approximate surface area is 284 Å². The van der Waals surface area contributed by atoms with Crippen LogP contribution in [0.25, 0.3) is 0 Å². The van der Waals surface area contributed by atoms with Gasteiger partial charge in [-0.2, -0.15) is 0 Å². The molecule has 11 heteroatoms. The fraction of sp³-hybridized carbons (Fsp3) is 0.459. The standard InChI is InChI=1S/C37H48FN5O4Si/c1-26(2)11-10-12-27(3)17-21-42-33-16-15-31(43(25-45)30-13-8-7-9-14-30)23-32(33)37(36(42)46)28(4)35(48(5,6)38)34(47-37)18-20-41-24-29(19-22-44)39-40-41/h7-9,11,13-17,23-25,28,34-35,44H,10,12,18-22H2,1-6H3/b27-17+/t28-,34+,35-,37+/m0/s1. The largest absolute Gasteiger partial charge is 0.396 e. The van der Waals surface area contributed by atoms with Crippen molar-refractivity contribution in [2.45, 2.75) is 90.3 Å². The molecule has 3 heterocycles. The summed E-state index contributed by atoms with van der Waals surface area (Å²) in [5, 5.41) is 17.6. The fourth-order valence-electron chi connectivity index (χ4n) is 7.37. The van der Waals surface area contributed by atoms with Gasteiger partial charge in [0.2, 0.25) is 14.8 Å². The van der Waals surface area contributed by atoms with Crippen molar-refractivity contribution in [2.24, 2.45) is 5.92 Å². The van der Waals surface area contributed by atoms with Gasteiger partial charge in [-0.25, -0.2) is 0 Å². The summed E-state index contributed by atoms with van der Waals surface area (Å²) in [7, 11) is -3.38.